The van der Waals surface area contributed by atoms with Crippen molar-refractivity contribution in [3.8, 4) is 0 Å². The van der Waals surface area contributed by atoms with Crippen LogP contribution in [0.15, 0.2) is 0 Å². The Labute approximate surface area is 79.5 Å². The van der Waals surface area contributed by atoms with Crippen molar-refractivity contribution >= 4 is 18.4 Å². The summed E-state index contributed by atoms with van der Waals surface area (Å²) in [5.41, 5.74) is 0. The molecule has 0 N–H and O–H groups in total. The van der Waals surface area contributed by atoms with E-state index in [0.717, 1.165) is 25.9 Å². The number of halogens is 1. The van der Waals surface area contributed by atoms with Crippen LogP contribution in [0, 0.1) is 0 Å². The average molecular weight is 194 g/mol. The quantitative estimate of drug-likeness (QED) is 0.584. The van der Waals surface area contributed by atoms with Crippen molar-refractivity contribution < 1.29 is 9.53 Å². The first-order chi connectivity index (χ1) is 5.18. The van der Waals surface area contributed by atoms with Crippen LogP contribution in [0.4, 0.5) is 0 Å². The van der Waals surface area contributed by atoms with E-state index in [9.17, 15) is 4.79 Å². The van der Waals surface area contributed by atoms with Crippen LogP contribution in [0.3, 0.4) is 0 Å². The maximum Gasteiger partial charge on any atom is 0.302 e. The Bertz CT molecular complexity index is 144. The van der Waals surface area contributed by atoms with Gasteiger partial charge in [-0.1, -0.05) is 0 Å². The van der Waals surface area contributed by atoms with E-state index in [1.165, 1.54) is 6.92 Å². The highest BCUT2D eigenvalue weighted by Crippen LogP contribution is 2.11. The first-order valence-corrected chi connectivity index (χ1v) is 4.04. The van der Waals surface area contributed by atoms with Crippen molar-refractivity contribution in [3.05, 3.63) is 0 Å². The maximum absolute atomic E-state index is 10.6. The van der Waals surface area contributed by atoms with E-state index >= 15 is 0 Å². The molecule has 0 aromatic heterocycles. The molecule has 0 aliphatic carbocycles. The summed E-state index contributed by atoms with van der Waals surface area (Å²) in [5, 5.41) is 0. The summed E-state index contributed by atoms with van der Waals surface area (Å²) >= 11 is 0. The van der Waals surface area contributed by atoms with Crippen molar-refractivity contribution in [1.29, 1.82) is 0 Å². The number of hydrogen-bond donors (Lipinski definition) is 0. The lowest BCUT2D eigenvalue weighted by molar-refractivity contribution is -0.148. The molecule has 4 heteroatoms. The lowest BCUT2D eigenvalue weighted by Gasteiger charge is -2.28. The molecule has 72 valence electrons. The van der Waals surface area contributed by atoms with Crippen molar-refractivity contribution in [2.24, 2.45) is 0 Å². The molecule has 1 rings (SSSR count). The predicted octanol–water partition coefficient (Wildman–Crippen LogP) is 1.07. The lowest BCUT2D eigenvalue weighted by atomic mass is 10.1. The van der Waals surface area contributed by atoms with E-state index in [4.69, 9.17) is 4.74 Å². The minimum absolute atomic E-state index is 0. The second kappa shape index (κ2) is 5.38. The number of rotatable bonds is 1. The van der Waals surface area contributed by atoms with Gasteiger partial charge in [0.1, 0.15) is 6.10 Å². The molecule has 12 heavy (non-hydrogen) atoms. The molecule has 0 amide bonds. The highest BCUT2D eigenvalue weighted by molar-refractivity contribution is 5.85. The Balaban J connectivity index is 0.00000121. The molecule has 0 saturated carbocycles. The highest BCUT2D eigenvalue weighted by atomic mass is 35.5. The van der Waals surface area contributed by atoms with Crippen LogP contribution in [0.5, 0.6) is 0 Å². The van der Waals surface area contributed by atoms with E-state index in [1.54, 1.807) is 0 Å². The van der Waals surface area contributed by atoms with E-state index in [2.05, 4.69) is 11.9 Å². The molecular formula is C8H16ClNO2. The fourth-order valence-electron chi connectivity index (χ4n) is 1.34. The van der Waals surface area contributed by atoms with Gasteiger partial charge in [-0.25, -0.2) is 0 Å². The summed E-state index contributed by atoms with van der Waals surface area (Å²) in [5.74, 6) is -0.153. The Morgan fingerprint density at radius 1 is 1.42 bits per heavy atom. The summed E-state index contributed by atoms with van der Waals surface area (Å²) in [6.07, 6.45) is 2.13. The fraction of sp³-hybridized carbons (Fsp3) is 0.875. The summed E-state index contributed by atoms with van der Waals surface area (Å²) in [6.45, 7) is 3.55. The summed E-state index contributed by atoms with van der Waals surface area (Å²) < 4.78 is 5.07. The van der Waals surface area contributed by atoms with Gasteiger partial charge in [0.15, 0.2) is 0 Å². The molecule has 0 spiro atoms. The highest BCUT2D eigenvalue weighted by Gasteiger charge is 2.18. The van der Waals surface area contributed by atoms with Crippen LogP contribution < -0.4 is 0 Å². The van der Waals surface area contributed by atoms with E-state index in [0.29, 0.717) is 0 Å². The molecule has 0 atom stereocenters. The first kappa shape index (κ1) is 11.7. The number of ether oxygens (including phenoxy) is 1. The molecule has 0 aromatic carbocycles. The minimum atomic E-state index is -0.153. The zero-order valence-corrected chi connectivity index (χ0v) is 8.39. The normalized spacial score (nSPS) is 19.8. The van der Waals surface area contributed by atoms with Gasteiger partial charge in [-0.3, -0.25) is 4.79 Å². The van der Waals surface area contributed by atoms with Gasteiger partial charge < -0.3 is 9.64 Å². The van der Waals surface area contributed by atoms with Gasteiger partial charge >= 0.3 is 5.97 Å². The van der Waals surface area contributed by atoms with Gasteiger partial charge in [0, 0.05) is 20.0 Å². The summed E-state index contributed by atoms with van der Waals surface area (Å²) in [7, 11) is 2.09. The van der Waals surface area contributed by atoms with Crippen molar-refractivity contribution in [2.75, 3.05) is 20.1 Å². The van der Waals surface area contributed by atoms with Crippen LogP contribution >= 0.6 is 12.4 Å². The topological polar surface area (TPSA) is 29.5 Å². The minimum Gasteiger partial charge on any atom is -0.462 e. The van der Waals surface area contributed by atoms with Gasteiger partial charge in [-0.15, -0.1) is 12.4 Å². The number of piperidine rings is 1. The standard InChI is InChI=1S/C8H15NO2.ClH/c1-7(10)11-8-3-5-9(2)6-4-8;/h8H,3-6H2,1-2H3;1H. The maximum atomic E-state index is 10.6. The molecule has 0 unspecified atom stereocenters. The van der Waals surface area contributed by atoms with E-state index in [1.807, 2.05) is 0 Å². The molecule has 0 radical (unpaired) electrons. The number of hydrogen-bond acceptors (Lipinski definition) is 3. The molecule has 1 aliphatic rings. The number of carbonyl (C=O) groups is 1. The Kier molecular flexibility index (Phi) is 5.25. The Morgan fingerprint density at radius 3 is 2.33 bits per heavy atom. The first-order valence-electron chi connectivity index (χ1n) is 4.04. The molecule has 3 nitrogen and oxygen atoms in total. The molecule has 0 bridgehead atoms. The molecule has 1 fully saturated rings. The van der Waals surface area contributed by atoms with Crippen LogP contribution in [0.25, 0.3) is 0 Å². The molecule has 1 heterocycles. The van der Waals surface area contributed by atoms with E-state index < -0.39 is 0 Å². The Hall–Kier alpha value is -0.280. The van der Waals surface area contributed by atoms with Gasteiger partial charge in [-0.05, 0) is 19.9 Å². The van der Waals surface area contributed by atoms with Crippen molar-refractivity contribution in [2.45, 2.75) is 25.9 Å². The smallest absolute Gasteiger partial charge is 0.302 e. The van der Waals surface area contributed by atoms with Gasteiger partial charge in [0.05, 0.1) is 0 Å². The van der Waals surface area contributed by atoms with Crippen LogP contribution in [0.2, 0.25) is 0 Å². The summed E-state index contributed by atoms with van der Waals surface area (Å²) in [6, 6.07) is 0. The molecule has 1 saturated heterocycles. The number of likely N-dealkylation sites (tertiary alicyclic amines) is 1. The van der Waals surface area contributed by atoms with Crippen molar-refractivity contribution in [1.82, 2.24) is 4.90 Å². The van der Waals surface area contributed by atoms with Crippen molar-refractivity contribution in [3.63, 3.8) is 0 Å². The number of nitrogens with zero attached hydrogens (tertiary/aromatic N) is 1. The zero-order valence-electron chi connectivity index (χ0n) is 7.58. The third kappa shape index (κ3) is 3.93. The van der Waals surface area contributed by atoms with Gasteiger partial charge in [0.25, 0.3) is 0 Å². The number of esters is 1. The monoisotopic (exact) mass is 193 g/mol. The van der Waals surface area contributed by atoms with Crippen LogP contribution in [-0.4, -0.2) is 37.1 Å². The fourth-order valence-corrected chi connectivity index (χ4v) is 1.34. The largest absolute Gasteiger partial charge is 0.462 e. The Morgan fingerprint density at radius 2 is 1.92 bits per heavy atom. The van der Waals surface area contributed by atoms with E-state index in [-0.39, 0.29) is 24.5 Å². The molecule has 0 aromatic rings. The zero-order chi connectivity index (χ0) is 8.27. The van der Waals surface area contributed by atoms with Crippen LogP contribution in [0.1, 0.15) is 19.8 Å². The van der Waals surface area contributed by atoms with Gasteiger partial charge in [0.2, 0.25) is 0 Å². The predicted molar refractivity (Wildman–Crippen MR) is 49.5 cm³/mol. The lowest BCUT2D eigenvalue weighted by Crippen LogP contribution is -2.34. The molecule has 1 aliphatic heterocycles. The van der Waals surface area contributed by atoms with Gasteiger partial charge in [-0.2, -0.15) is 0 Å². The second-order valence-corrected chi connectivity index (χ2v) is 3.11. The third-order valence-corrected chi connectivity index (χ3v) is 2.00. The third-order valence-electron chi connectivity index (χ3n) is 2.00. The SMILES string of the molecule is CC(=O)OC1CCN(C)CC1.Cl. The average Bonchev–Trinajstić information content (AvgIpc) is 1.93. The number of carbonyl (C=O) groups excluding carboxylic acids is 1. The molecular weight excluding hydrogens is 178 g/mol. The summed E-state index contributed by atoms with van der Waals surface area (Å²) in [4.78, 5) is 12.8. The van der Waals surface area contributed by atoms with Crippen LogP contribution in [-0.2, 0) is 9.53 Å². The second-order valence-electron chi connectivity index (χ2n) is 3.11.